The monoisotopic (exact) mass is 378 g/mol. The van der Waals surface area contributed by atoms with Crippen LogP contribution in [-0.4, -0.2) is 40.0 Å². The van der Waals surface area contributed by atoms with Gasteiger partial charge in [0.1, 0.15) is 11.9 Å². The molecule has 28 heavy (non-hydrogen) atoms. The fourth-order valence-corrected chi connectivity index (χ4v) is 3.31. The van der Waals surface area contributed by atoms with Crippen LogP contribution in [0.15, 0.2) is 54.6 Å². The van der Waals surface area contributed by atoms with E-state index in [9.17, 15) is 4.79 Å². The number of ether oxygens (including phenoxy) is 2. The zero-order valence-corrected chi connectivity index (χ0v) is 15.9. The van der Waals surface area contributed by atoms with Crippen molar-refractivity contribution in [3.05, 3.63) is 77.1 Å². The van der Waals surface area contributed by atoms with E-state index in [-0.39, 0.29) is 12.0 Å². The Bertz CT molecular complexity index is 954. The molecule has 1 unspecified atom stereocenters. The maximum atomic E-state index is 12.8. The molecule has 0 fully saturated rings. The number of rotatable bonds is 5. The molecule has 0 N–H and O–H groups in total. The van der Waals surface area contributed by atoms with Crippen LogP contribution >= 0.6 is 0 Å². The van der Waals surface area contributed by atoms with Gasteiger partial charge in [-0.15, -0.1) is 5.10 Å². The summed E-state index contributed by atoms with van der Waals surface area (Å²) in [6, 6.07) is 17.6. The first-order valence-corrected chi connectivity index (χ1v) is 9.13. The SMILES string of the molecule is COc1ccc(C2Cn3nnc(C(=O)N(C)Cc4ccccc4)c3CO2)cc1. The highest BCUT2D eigenvalue weighted by Crippen LogP contribution is 2.28. The Morgan fingerprint density at radius 2 is 1.96 bits per heavy atom. The minimum Gasteiger partial charge on any atom is -0.497 e. The Morgan fingerprint density at radius 1 is 1.21 bits per heavy atom. The Kier molecular flexibility index (Phi) is 5.08. The number of hydrogen-bond acceptors (Lipinski definition) is 5. The molecule has 2 aromatic carbocycles. The third-order valence-electron chi connectivity index (χ3n) is 4.90. The maximum absolute atomic E-state index is 12.8. The van der Waals surface area contributed by atoms with Gasteiger partial charge in [0.25, 0.3) is 5.91 Å². The average Bonchev–Trinajstić information content (AvgIpc) is 3.17. The summed E-state index contributed by atoms with van der Waals surface area (Å²) >= 11 is 0. The van der Waals surface area contributed by atoms with Crippen molar-refractivity contribution in [3.63, 3.8) is 0 Å². The van der Waals surface area contributed by atoms with Gasteiger partial charge in [0.2, 0.25) is 0 Å². The summed E-state index contributed by atoms with van der Waals surface area (Å²) in [5.74, 6) is 0.645. The molecule has 1 amide bonds. The molecular formula is C21H22N4O3. The molecule has 7 heteroatoms. The first-order valence-electron chi connectivity index (χ1n) is 9.13. The molecule has 0 bridgehead atoms. The van der Waals surface area contributed by atoms with E-state index in [4.69, 9.17) is 9.47 Å². The number of aromatic nitrogens is 3. The van der Waals surface area contributed by atoms with Crippen LogP contribution in [0.25, 0.3) is 0 Å². The summed E-state index contributed by atoms with van der Waals surface area (Å²) in [6.45, 7) is 1.33. The normalized spacial score (nSPS) is 15.7. The van der Waals surface area contributed by atoms with Crippen LogP contribution in [0.3, 0.4) is 0 Å². The first kappa shape index (κ1) is 18.2. The maximum Gasteiger partial charge on any atom is 0.276 e. The van der Waals surface area contributed by atoms with Crippen molar-refractivity contribution >= 4 is 5.91 Å². The fraction of sp³-hybridized carbons (Fsp3) is 0.286. The average molecular weight is 378 g/mol. The van der Waals surface area contributed by atoms with Gasteiger partial charge >= 0.3 is 0 Å². The van der Waals surface area contributed by atoms with Crippen molar-refractivity contribution in [2.45, 2.75) is 25.8 Å². The van der Waals surface area contributed by atoms with E-state index in [1.807, 2.05) is 54.6 Å². The van der Waals surface area contributed by atoms with Gasteiger partial charge in [-0.3, -0.25) is 4.79 Å². The standard InChI is InChI=1S/C21H22N4O3/c1-24(12-15-6-4-3-5-7-15)21(26)20-18-14-28-19(13-25(18)23-22-20)16-8-10-17(27-2)11-9-16/h3-11,19H,12-14H2,1-2H3. The molecule has 0 aliphatic carbocycles. The van der Waals surface area contributed by atoms with E-state index in [0.29, 0.717) is 25.4 Å². The van der Waals surface area contributed by atoms with Crippen molar-refractivity contribution in [2.24, 2.45) is 0 Å². The van der Waals surface area contributed by atoms with E-state index >= 15 is 0 Å². The number of carbonyl (C=O) groups is 1. The van der Waals surface area contributed by atoms with E-state index in [1.54, 1.807) is 23.7 Å². The van der Waals surface area contributed by atoms with Crippen LogP contribution in [0.4, 0.5) is 0 Å². The van der Waals surface area contributed by atoms with Gasteiger partial charge < -0.3 is 14.4 Å². The van der Waals surface area contributed by atoms with Gasteiger partial charge in [-0.05, 0) is 23.3 Å². The van der Waals surface area contributed by atoms with E-state index in [2.05, 4.69) is 10.3 Å². The molecule has 3 aromatic rings. The summed E-state index contributed by atoms with van der Waals surface area (Å²) in [5.41, 5.74) is 3.17. The van der Waals surface area contributed by atoms with Crippen LogP contribution in [0.2, 0.25) is 0 Å². The number of fused-ring (bicyclic) bond motifs is 1. The summed E-state index contributed by atoms with van der Waals surface area (Å²) in [7, 11) is 3.41. The van der Waals surface area contributed by atoms with E-state index in [0.717, 1.165) is 22.6 Å². The molecule has 0 radical (unpaired) electrons. The van der Waals surface area contributed by atoms with Gasteiger partial charge in [-0.2, -0.15) is 0 Å². The van der Waals surface area contributed by atoms with Crippen LogP contribution in [0.5, 0.6) is 5.75 Å². The predicted molar refractivity (Wildman–Crippen MR) is 103 cm³/mol. The summed E-state index contributed by atoms with van der Waals surface area (Å²) in [5, 5.41) is 8.33. The molecule has 0 saturated carbocycles. The van der Waals surface area contributed by atoms with E-state index < -0.39 is 0 Å². The van der Waals surface area contributed by atoms with Crippen LogP contribution < -0.4 is 4.74 Å². The lowest BCUT2D eigenvalue weighted by Gasteiger charge is -2.25. The van der Waals surface area contributed by atoms with Gasteiger partial charge in [0, 0.05) is 13.6 Å². The van der Waals surface area contributed by atoms with Gasteiger partial charge in [-0.1, -0.05) is 47.7 Å². The smallest absolute Gasteiger partial charge is 0.276 e. The molecule has 0 saturated heterocycles. The first-order chi connectivity index (χ1) is 13.7. The lowest BCUT2D eigenvalue weighted by Crippen LogP contribution is -2.29. The molecule has 1 aliphatic heterocycles. The zero-order valence-electron chi connectivity index (χ0n) is 15.9. The number of methoxy groups -OCH3 is 1. The van der Waals surface area contributed by atoms with Crippen LogP contribution in [-0.2, 0) is 24.4 Å². The van der Waals surface area contributed by atoms with Crippen molar-refractivity contribution < 1.29 is 14.3 Å². The number of benzene rings is 2. The second-order valence-corrected chi connectivity index (χ2v) is 6.79. The lowest BCUT2D eigenvalue weighted by atomic mass is 10.1. The fourth-order valence-electron chi connectivity index (χ4n) is 3.31. The highest BCUT2D eigenvalue weighted by molar-refractivity contribution is 5.93. The van der Waals surface area contributed by atoms with Gasteiger partial charge in [0.15, 0.2) is 5.69 Å². The van der Waals surface area contributed by atoms with Crippen molar-refractivity contribution in [2.75, 3.05) is 14.2 Å². The summed E-state index contributed by atoms with van der Waals surface area (Å²) < 4.78 is 13.0. The molecule has 2 heterocycles. The number of carbonyl (C=O) groups excluding carboxylic acids is 1. The molecule has 144 valence electrons. The second kappa shape index (κ2) is 7.82. The molecular weight excluding hydrogens is 356 g/mol. The third-order valence-corrected chi connectivity index (χ3v) is 4.90. The minimum absolute atomic E-state index is 0.134. The van der Waals surface area contributed by atoms with Crippen molar-refractivity contribution in [1.29, 1.82) is 0 Å². The Morgan fingerprint density at radius 3 is 2.68 bits per heavy atom. The zero-order chi connectivity index (χ0) is 19.5. The topological polar surface area (TPSA) is 69.5 Å². The number of nitrogens with zero attached hydrogens (tertiary/aromatic N) is 4. The lowest BCUT2D eigenvalue weighted by molar-refractivity contribution is -0.00194. The quantitative estimate of drug-likeness (QED) is 0.683. The molecule has 7 nitrogen and oxygen atoms in total. The van der Waals surface area contributed by atoms with Crippen LogP contribution in [0.1, 0.15) is 33.4 Å². The Labute approximate surface area is 163 Å². The van der Waals surface area contributed by atoms with E-state index in [1.165, 1.54) is 0 Å². The van der Waals surface area contributed by atoms with Gasteiger partial charge in [0.05, 0.1) is 26.0 Å². The second-order valence-electron chi connectivity index (χ2n) is 6.79. The van der Waals surface area contributed by atoms with Gasteiger partial charge in [-0.25, -0.2) is 4.68 Å². The molecule has 1 atom stereocenters. The van der Waals surface area contributed by atoms with Crippen LogP contribution in [0, 0.1) is 0 Å². The Balaban J connectivity index is 1.47. The predicted octanol–water partition coefficient (Wildman–Crippen LogP) is 2.83. The molecule has 0 spiro atoms. The van der Waals surface area contributed by atoms with Crippen molar-refractivity contribution in [3.8, 4) is 5.75 Å². The molecule has 1 aromatic heterocycles. The molecule has 1 aliphatic rings. The number of amides is 1. The summed E-state index contributed by atoms with van der Waals surface area (Å²) in [4.78, 5) is 14.5. The Hall–Kier alpha value is -3.19. The van der Waals surface area contributed by atoms with Crippen molar-refractivity contribution in [1.82, 2.24) is 19.9 Å². The largest absolute Gasteiger partial charge is 0.497 e. The summed E-state index contributed by atoms with van der Waals surface area (Å²) in [6.07, 6.45) is -0.134. The highest BCUT2D eigenvalue weighted by atomic mass is 16.5. The third kappa shape index (κ3) is 3.61. The molecule has 4 rings (SSSR count). The minimum atomic E-state index is -0.156. The highest BCUT2D eigenvalue weighted by Gasteiger charge is 2.29. The number of hydrogen-bond donors (Lipinski definition) is 0.